The number of aromatic nitrogens is 2. The molecule has 6 nitrogen and oxygen atoms in total. The first kappa shape index (κ1) is 19.7. The number of hydrogen-bond donors (Lipinski definition) is 0. The topological polar surface area (TPSA) is 56.7 Å². The Labute approximate surface area is 166 Å². The summed E-state index contributed by atoms with van der Waals surface area (Å²) in [6.45, 7) is 10.2. The summed E-state index contributed by atoms with van der Waals surface area (Å²) in [5.74, 6) is 2.28. The van der Waals surface area contributed by atoms with Gasteiger partial charge in [-0.1, -0.05) is 18.7 Å². The van der Waals surface area contributed by atoms with Gasteiger partial charge in [0.05, 0.1) is 25.5 Å². The van der Waals surface area contributed by atoms with Gasteiger partial charge in [0.1, 0.15) is 18.8 Å². The van der Waals surface area contributed by atoms with Crippen LogP contribution in [0.1, 0.15) is 19.3 Å². The molecule has 0 saturated carbocycles. The number of benzene rings is 1. The zero-order valence-electron chi connectivity index (χ0n) is 16.4. The van der Waals surface area contributed by atoms with Crippen molar-refractivity contribution in [3.8, 4) is 11.5 Å². The molecule has 148 valence electrons. The van der Waals surface area contributed by atoms with Crippen molar-refractivity contribution in [2.75, 3.05) is 38.3 Å². The molecule has 2 aromatic rings. The van der Waals surface area contributed by atoms with Crippen LogP contribution in [0.25, 0.3) is 10.9 Å². The minimum absolute atomic E-state index is 0.520. The summed E-state index contributed by atoms with van der Waals surface area (Å²) in [6.07, 6.45) is 9.84. The highest BCUT2D eigenvalue weighted by molar-refractivity contribution is 5.92. The van der Waals surface area contributed by atoms with Crippen LogP contribution < -0.4 is 14.4 Å². The standard InChI is InChI=1S/C22H27N3O3/c1-4-6-7-11-28-21-12-18-19(13-20(21)26-3)23-16-24-22(18)25-9-8-17(14-25)15-27-10-5-2/h4-5,12-13,15-16H,1-2,6-11,14H2,3H3. The molecule has 3 rings (SSSR count). The summed E-state index contributed by atoms with van der Waals surface area (Å²) in [5, 5.41) is 0.954. The first-order chi connectivity index (χ1) is 13.8. The monoisotopic (exact) mass is 381 g/mol. The van der Waals surface area contributed by atoms with E-state index in [2.05, 4.69) is 28.0 Å². The van der Waals surface area contributed by atoms with Crippen molar-refractivity contribution in [3.05, 3.63) is 55.6 Å². The van der Waals surface area contributed by atoms with E-state index in [1.165, 1.54) is 5.57 Å². The molecule has 0 aliphatic carbocycles. The van der Waals surface area contributed by atoms with Gasteiger partial charge in [0, 0.05) is 24.5 Å². The third-order valence-corrected chi connectivity index (χ3v) is 4.57. The maximum atomic E-state index is 5.95. The summed E-state index contributed by atoms with van der Waals surface area (Å²) >= 11 is 0. The second-order valence-corrected chi connectivity index (χ2v) is 6.57. The van der Waals surface area contributed by atoms with Gasteiger partial charge in [-0.3, -0.25) is 0 Å². The molecule has 0 amide bonds. The van der Waals surface area contributed by atoms with Gasteiger partial charge in [-0.05, 0) is 30.9 Å². The Morgan fingerprint density at radius 1 is 1.18 bits per heavy atom. The quantitative estimate of drug-likeness (QED) is 0.348. The van der Waals surface area contributed by atoms with Crippen LogP contribution in [0, 0.1) is 0 Å². The van der Waals surface area contributed by atoms with E-state index in [0.29, 0.717) is 24.7 Å². The zero-order chi connectivity index (χ0) is 19.8. The molecule has 1 aliphatic heterocycles. The van der Waals surface area contributed by atoms with Gasteiger partial charge in [-0.2, -0.15) is 0 Å². The van der Waals surface area contributed by atoms with Crippen LogP contribution in [-0.2, 0) is 4.74 Å². The lowest BCUT2D eigenvalue weighted by Gasteiger charge is -2.19. The van der Waals surface area contributed by atoms with E-state index >= 15 is 0 Å². The molecule has 1 aliphatic rings. The van der Waals surface area contributed by atoms with Crippen LogP contribution in [-0.4, -0.2) is 43.4 Å². The van der Waals surface area contributed by atoms with Gasteiger partial charge in [-0.15, -0.1) is 6.58 Å². The van der Waals surface area contributed by atoms with Crippen molar-refractivity contribution < 1.29 is 14.2 Å². The highest BCUT2D eigenvalue weighted by Gasteiger charge is 2.21. The minimum atomic E-state index is 0.520. The van der Waals surface area contributed by atoms with Gasteiger partial charge in [0.15, 0.2) is 11.5 Å². The fourth-order valence-corrected chi connectivity index (χ4v) is 3.18. The molecule has 28 heavy (non-hydrogen) atoms. The average Bonchev–Trinajstić information content (AvgIpc) is 3.19. The number of fused-ring (bicyclic) bond motifs is 1. The molecule has 1 aromatic heterocycles. The Kier molecular flexibility index (Phi) is 6.89. The number of hydrogen-bond acceptors (Lipinski definition) is 6. The molecule has 6 heteroatoms. The number of rotatable bonds is 10. The molecule has 1 saturated heterocycles. The lowest BCUT2D eigenvalue weighted by Crippen LogP contribution is -2.19. The normalized spacial score (nSPS) is 15.0. The molecule has 2 heterocycles. The number of unbranched alkanes of at least 4 members (excludes halogenated alkanes) is 1. The Morgan fingerprint density at radius 3 is 2.86 bits per heavy atom. The minimum Gasteiger partial charge on any atom is -0.497 e. The summed E-state index contributed by atoms with van der Waals surface area (Å²) in [6, 6.07) is 3.89. The van der Waals surface area contributed by atoms with Crippen molar-refractivity contribution in [1.29, 1.82) is 0 Å². The highest BCUT2D eigenvalue weighted by atomic mass is 16.5. The van der Waals surface area contributed by atoms with E-state index in [0.717, 1.165) is 49.1 Å². The number of ether oxygens (including phenoxy) is 3. The van der Waals surface area contributed by atoms with Crippen molar-refractivity contribution in [2.24, 2.45) is 0 Å². The Morgan fingerprint density at radius 2 is 2.07 bits per heavy atom. The summed E-state index contributed by atoms with van der Waals surface area (Å²) < 4.78 is 16.9. The average molecular weight is 381 g/mol. The SMILES string of the molecule is C=CCCCOc1cc2c(N3CCC(=COCC=C)C3)ncnc2cc1OC. The van der Waals surface area contributed by atoms with Gasteiger partial charge >= 0.3 is 0 Å². The maximum absolute atomic E-state index is 5.95. The summed E-state index contributed by atoms with van der Waals surface area (Å²) in [7, 11) is 1.64. The fraction of sp³-hybridized carbons (Fsp3) is 0.364. The maximum Gasteiger partial charge on any atom is 0.162 e. The molecule has 1 fully saturated rings. The number of anilines is 1. The Hall–Kier alpha value is -3.02. The van der Waals surface area contributed by atoms with E-state index in [1.807, 2.05) is 24.5 Å². The first-order valence-electron chi connectivity index (χ1n) is 9.48. The second kappa shape index (κ2) is 9.78. The van der Waals surface area contributed by atoms with Crippen molar-refractivity contribution in [3.63, 3.8) is 0 Å². The molecular weight excluding hydrogens is 354 g/mol. The molecule has 0 unspecified atom stereocenters. The number of nitrogens with zero attached hydrogens (tertiary/aromatic N) is 3. The van der Waals surface area contributed by atoms with Gasteiger partial charge < -0.3 is 19.1 Å². The number of methoxy groups -OCH3 is 1. The van der Waals surface area contributed by atoms with E-state index in [1.54, 1.807) is 19.5 Å². The molecule has 0 N–H and O–H groups in total. The fourth-order valence-electron chi connectivity index (χ4n) is 3.18. The highest BCUT2D eigenvalue weighted by Crippen LogP contribution is 2.36. The number of allylic oxidation sites excluding steroid dienone is 1. The predicted octanol–water partition coefficient (Wildman–Crippen LogP) is 4.28. The Balaban J connectivity index is 1.85. The smallest absolute Gasteiger partial charge is 0.162 e. The van der Waals surface area contributed by atoms with Crippen LogP contribution in [0.2, 0.25) is 0 Å². The summed E-state index contributed by atoms with van der Waals surface area (Å²) in [5.41, 5.74) is 2.07. The van der Waals surface area contributed by atoms with Crippen LogP contribution in [0.5, 0.6) is 11.5 Å². The molecule has 0 radical (unpaired) electrons. The third-order valence-electron chi connectivity index (χ3n) is 4.57. The van der Waals surface area contributed by atoms with Crippen molar-refractivity contribution in [2.45, 2.75) is 19.3 Å². The molecular formula is C22H27N3O3. The van der Waals surface area contributed by atoms with Crippen molar-refractivity contribution in [1.82, 2.24) is 9.97 Å². The zero-order valence-corrected chi connectivity index (χ0v) is 16.4. The van der Waals surface area contributed by atoms with Crippen molar-refractivity contribution >= 4 is 16.7 Å². The van der Waals surface area contributed by atoms with Gasteiger partial charge in [-0.25, -0.2) is 9.97 Å². The van der Waals surface area contributed by atoms with Crippen LogP contribution >= 0.6 is 0 Å². The van der Waals surface area contributed by atoms with E-state index < -0.39 is 0 Å². The summed E-state index contributed by atoms with van der Waals surface area (Å²) in [4.78, 5) is 11.2. The molecule has 0 bridgehead atoms. The van der Waals surface area contributed by atoms with Crippen LogP contribution in [0.4, 0.5) is 5.82 Å². The van der Waals surface area contributed by atoms with E-state index in [4.69, 9.17) is 14.2 Å². The second-order valence-electron chi connectivity index (χ2n) is 6.57. The van der Waals surface area contributed by atoms with Gasteiger partial charge in [0.2, 0.25) is 0 Å². The van der Waals surface area contributed by atoms with Crippen LogP contribution in [0.15, 0.2) is 55.6 Å². The third kappa shape index (κ3) is 4.63. The molecule has 0 atom stereocenters. The van der Waals surface area contributed by atoms with E-state index in [9.17, 15) is 0 Å². The van der Waals surface area contributed by atoms with E-state index in [-0.39, 0.29) is 0 Å². The lowest BCUT2D eigenvalue weighted by atomic mass is 10.2. The molecule has 0 spiro atoms. The largest absolute Gasteiger partial charge is 0.497 e. The lowest BCUT2D eigenvalue weighted by molar-refractivity contribution is 0.286. The Bertz CT molecular complexity index is 863. The van der Waals surface area contributed by atoms with Gasteiger partial charge in [0.25, 0.3) is 0 Å². The molecule has 1 aromatic carbocycles. The first-order valence-corrected chi connectivity index (χ1v) is 9.48. The predicted molar refractivity (Wildman–Crippen MR) is 112 cm³/mol. The van der Waals surface area contributed by atoms with Crippen LogP contribution in [0.3, 0.4) is 0 Å².